The zero-order valence-electron chi connectivity index (χ0n) is 55.6. The molecule has 0 saturated heterocycles. The number of rotatable bonds is 11. The number of hydrogen-bond acceptors (Lipinski definition) is 2. The van der Waals surface area contributed by atoms with Crippen LogP contribution in [0.4, 0.5) is 34.1 Å². The molecule has 0 unspecified atom stereocenters. The average Bonchev–Trinajstić information content (AvgIpc) is 0.688. The fraction of sp³-hybridized carbons (Fsp3) is 0.0417. The zero-order valence-corrected chi connectivity index (χ0v) is 55.6. The Morgan fingerprint density at radius 2 is 0.535 bits per heavy atom. The van der Waals surface area contributed by atoms with E-state index >= 15 is 0 Å². The van der Waals surface area contributed by atoms with Gasteiger partial charge >= 0.3 is 0 Å². The van der Waals surface area contributed by atoms with Crippen LogP contribution in [0.15, 0.2) is 364 Å². The Morgan fingerprint density at radius 1 is 0.222 bits per heavy atom. The molecule has 0 atom stereocenters. The molecule has 2 heterocycles. The van der Waals surface area contributed by atoms with Gasteiger partial charge in [-0.3, -0.25) is 0 Å². The Balaban J connectivity index is 1.02. The van der Waals surface area contributed by atoms with Crippen molar-refractivity contribution in [2.75, 3.05) is 9.80 Å². The molecule has 0 N–H and O–H groups in total. The van der Waals surface area contributed by atoms with Gasteiger partial charge in [-0.2, -0.15) is 0 Å². The van der Waals surface area contributed by atoms with Gasteiger partial charge in [0.05, 0.1) is 11.4 Å². The summed E-state index contributed by atoms with van der Waals surface area (Å²) >= 11 is 0. The van der Waals surface area contributed by atoms with Crippen molar-refractivity contribution in [3.8, 4) is 100 Å². The van der Waals surface area contributed by atoms with Crippen molar-refractivity contribution in [1.29, 1.82) is 0 Å². The van der Waals surface area contributed by atoms with Crippen LogP contribution in [0.5, 0.6) is 0 Å². The molecule has 0 aromatic heterocycles. The molecule has 466 valence electrons. The van der Waals surface area contributed by atoms with Gasteiger partial charge in [0.25, 0.3) is 6.71 Å². The number of fused-ring (bicyclic) bond motifs is 6. The van der Waals surface area contributed by atoms with Crippen molar-refractivity contribution in [1.82, 2.24) is 0 Å². The summed E-state index contributed by atoms with van der Waals surface area (Å²) in [6.45, 7) is 6.93. The monoisotopic (exact) mass is 1260 g/mol. The van der Waals surface area contributed by atoms with Crippen LogP contribution in [0.25, 0.3) is 122 Å². The van der Waals surface area contributed by atoms with E-state index in [0.29, 0.717) is 0 Å². The van der Waals surface area contributed by atoms with Gasteiger partial charge in [-0.25, -0.2) is 0 Å². The van der Waals surface area contributed by atoms with Crippen LogP contribution in [0.3, 0.4) is 0 Å². The molecule has 0 fully saturated rings. The largest absolute Gasteiger partial charge is 0.310 e. The lowest BCUT2D eigenvalue weighted by Crippen LogP contribution is -2.61. The highest BCUT2D eigenvalue weighted by molar-refractivity contribution is 7.00. The second-order valence-corrected chi connectivity index (χ2v) is 27.4. The first-order valence-corrected chi connectivity index (χ1v) is 34.6. The van der Waals surface area contributed by atoms with Crippen LogP contribution in [0.2, 0.25) is 0 Å². The van der Waals surface area contributed by atoms with Crippen LogP contribution in [0.1, 0.15) is 26.3 Å². The third-order valence-corrected chi connectivity index (χ3v) is 20.5. The van der Waals surface area contributed by atoms with E-state index in [9.17, 15) is 0 Å². The predicted octanol–water partition coefficient (Wildman–Crippen LogP) is 24.4. The van der Waals surface area contributed by atoms with Gasteiger partial charge in [0, 0.05) is 45.0 Å². The maximum Gasteiger partial charge on any atom is 0.252 e. The normalized spacial score (nSPS) is 12.3. The molecule has 99 heavy (non-hydrogen) atoms. The lowest BCUT2D eigenvalue weighted by Gasteiger charge is -2.46. The molecule has 2 aliphatic heterocycles. The highest BCUT2D eigenvalue weighted by Gasteiger charge is 2.46. The molecule has 16 aromatic rings. The highest BCUT2D eigenvalue weighted by atomic mass is 15.2. The molecule has 18 rings (SSSR count). The van der Waals surface area contributed by atoms with E-state index in [1.165, 1.54) is 76.9 Å². The molecular weight excluding hydrogens is 1190 g/mol. The van der Waals surface area contributed by atoms with E-state index in [1.54, 1.807) is 0 Å². The van der Waals surface area contributed by atoms with Crippen molar-refractivity contribution in [2.24, 2.45) is 0 Å². The zero-order chi connectivity index (χ0) is 66.1. The van der Waals surface area contributed by atoms with Gasteiger partial charge in [-0.15, -0.1) is 0 Å². The third-order valence-electron chi connectivity index (χ3n) is 20.5. The predicted molar refractivity (Wildman–Crippen MR) is 423 cm³/mol. The molecule has 16 aromatic carbocycles. The molecule has 0 spiro atoms. The SMILES string of the molecule is CC(C)(C)c1cc2c3c(c1)N(c1c(-c4ccccc4)cc(-c4ccccc4)cc1-c1ccccc1)c1cc(-c4c5ccccc5c(-c5ccccc5)c5ccccc45)ccc1B3c1cc(-c3ccccc3)ccc1N2c1c(-c2ccccc2)cc(-c2ccccc2)cc1-c1ccccc1. The van der Waals surface area contributed by atoms with E-state index in [0.717, 1.165) is 101 Å². The quantitative estimate of drug-likeness (QED) is 0.0941. The fourth-order valence-electron chi connectivity index (χ4n) is 15.9. The highest BCUT2D eigenvalue weighted by Crippen LogP contribution is 2.56. The minimum absolute atomic E-state index is 0.235. The summed E-state index contributed by atoms with van der Waals surface area (Å²) in [6, 6.07) is 136. The topological polar surface area (TPSA) is 6.48 Å². The van der Waals surface area contributed by atoms with Gasteiger partial charge in [-0.1, -0.05) is 336 Å². The first-order chi connectivity index (χ1) is 48.8. The standard InChI is InChI=1S/C96H69BN2/c1-96(2,3)76-62-89-93-90(63-76)99(95-83(69-42-22-9-23-43-69)58-75(66-36-16-6-17-37-66)59-84(95)70-44-24-10-25-45-70)88-61-73(92-79-50-30-28-48-77(79)91(71-46-26-11-27-47-71)78-49-29-31-51-80(78)92)52-54-85(88)97(93)86-60-72(64-32-12-4-13-33-64)53-55-87(86)98(89)94-81(67-38-18-7-19-39-67)56-74(65-34-14-5-15-35-65)57-82(94)68-40-20-8-21-41-68/h4-63H,1-3H3. The molecular formula is C96H69BN2. The summed E-state index contributed by atoms with van der Waals surface area (Å²) in [4.78, 5) is 5.41. The number of nitrogens with zero attached hydrogens (tertiary/aromatic N) is 2. The van der Waals surface area contributed by atoms with E-state index in [2.05, 4.69) is 395 Å². The molecule has 0 amide bonds. The second kappa shape index (κ2) is 24.4. The van der Waals surface area contributed by atoms with Gasteiger partial charge < -0.3 is 9.80 Å². The lowest BCUT2D eigenvalue weighted by molar-refractivity contribution is 0.590. The average molecular weight is 1260 g/mol. The minimum Gasteiger partial charge on any atom is -0.310 e. The van der Waals surface area contributed by atoms with Gasteiger partial charge in [-0.05, 0) is 175 Å². The molecule has 0 saturated carbocycles. The molecule has 0 aliphatic carbocycles. The summed E-state index contributed by atoms with van der Waals surface area (Å²) in [5.41, 5.74) is 32.4. The van der Waals surface area contributed by atoms with E-state index in [4.69, 9.17) is 0 Å². The van der Waals surface area contributed by atoms with Crippen molar-refractivity contribution in [2.45, 2.75) is 26.2 Å². The fourth-order valence-corrected chi connectivity index (χ4v) is 15.9. The van der Waals surface area contributed by atoms with Crippen molar-refractivity contribution in [3.05, 3.63) is 370 Å². The molecule has 3 heteroatoms. The summed E-state index contributed by atoms with van der Waals surface area (Å²) in [7, 11) is 0. The Morgan fingerprint density at radius 3 is 0.909 bits per heavy atom. The number of benzene rings is 16. The molecule has 2 nitrogen and oxygen atoms in total. The Bertz CT molecular complexity index is 5560. The Hall–Kier alpha value is -12.3. The molecule has 2 aliphatic rings. The van der Waals surface area contributed by atoms with E-state index < -0.39 is 0 Å². The number of hydrogen-bond donors (Lipinski definition) is 0. The third kappa shape index (κ3) is 10.3. The summed E-state index contributed by atoms with van der Waals surface area (Å²) in [6.07, 6.45) is 0. The summed E-state index contributed by atoms with van der Waals surface area (Å²) < 4.78 is 0. The van der Waals surface area contributed by atoms with Crippen molar-refractivity contribution < 1.29 is 0 Å². The van der Waals surface area contributed by atoms with Crippen LogP contribution >= 0.6 is 0 Å². The van der Waals surface area contributed by atoms with Crippen molar-refractivity contribution in [3.63, 3.8) is 0 Å². The minimum atomic E-state index is -0.320. The van der Waals surface area contributed by atoms with Gasteiger partial charge in [0.2, 0.25) is 0 Å². The van der Waals surface area contributed by atoms with Gasteiger partial charge in [0.1, 0.15) is 0 Å². The second-order valence-electron chi connectivity index (χ2n) is 27.4. The van der Waals surface area contributed by atoms with Crippen LogP contribution in [-0.2, 0) is 5.41 Å². The van der Waals surface area contributed by atoms with Crippen LogP contribution in [0, 0.1) is 0 Å². The smallest absolute Gasteiger partial charge is 0.252 e. The van der Waals surface area contributed by atoms with Crippen LogP contribution < -0.4 is 26.2 Å². The Kier molecular flexibility index (Phi) is 14.6. The summed E-state index contributed by atoms with van der Waals surface area (Å²) in [5.74, 6) is 0. The number of anilines is 6. The van der Waals surface area contributed by atoms with Gasteiger partial charge in [0.15, 0.2) is 0 Å². The van der Waals surface area contributed by atoms with Crippen molar-refractivity contribution >= 4 is 78.8 Å². The first kappa shape index (κ1) is 59.2. The molecule has 0 bridgehead atoms. The maximum absolute atomic E-state index is 2.73. The van der Waals surface area contributed by atoms with E-state index in [1.807, 2.05) is 0 Å². The molecule has 0 radical (unpaired) electrons. The van der Waals surface area contributed by atoms with Crippen LogP contribution in [-0.4, -0.2) is 6.71 Å². The Labute approximate surface area is 580 Å². The first-order valence-electron chi connectivity index (χ1n) is 34.6. The lowest BCUT2D eigenvalue weighted by atomic mass is 9.33. The van der Waals surface area contributed by atoms with E-state index in [-0.39, 0.29) is 12.1 Å². The maximum atomic E-state index is 2.73. The summed E-state index contributed by atoms with van der Waals surface area (Å²) in [5, 5.41) is 4.87.